The van der Waals surface area contributed by atoms with Crippen LogP contribution in [-0.4, -0.2) is 20.7 Å². The third-order valence-electron chi connectivity index (χ3n) is 3.65. The molecular weight excluding hydrogens is 336 g/mol. The van der Waals surface area contributed by atoms with Gasteiger partial charge in [0.05, 0.1) is 17.9 Å². The molecule has 2 aromatic heterocycles. The number of aryl methyl sites for hydroxylation is 2. The third kappa shape index (κ3) is 4.19. The molecular formula is C18H18N4O2S. The van der Waals surface area contributed by atoms with Crippen molar-refractivity contribution in [1.29, 1.82) is 0 Å². The summed E-state index contributed by atoms with van der Waals surface area (Å²) < 4.78 is 1.17. The van der Waals surface area contributed by atoms with E-state index in [4.69, 9.17) is 0 Å². The maximum absolute atomic E-state index is 12.1. The Labute approximate surface area is 149 Å². The van der Waals surface area contributed by atoms with Crippen LogP contribution in [0.5, 0.6) is 0 Å². The minimum atomic E-state index is -0.291. The highest BCUT2D eigenvalue weighted by Gasteiger charge is 2.11. The molecule has 0 bridgehead atoms. The number of amides is 1. The molecule has 0 atom stereocenters. The lowest BCUT2D eigenvalue weighted by atomic mass is 10.2. The molecule has 0 saturated carbocycles. The van der Waals surface area contributed by atoms with Gasteiger partial charge >= 0.3 is 0 Å². The van der Waals surface area contributed by atoms with Gasteiger partial charge in [-0.1, -0.05) is 30.3 Å². The van der Waals surface area contributed by atoms with E-state index in [0.29, 0.717) is 12.2 Å². The van der Waals surface area contributed by atoms with Gasteiger partial charge in [0, 0.05) is 16.5 Å². The van der Waals surface area contributed by atoms with E-state index in [1.165, 1.54) is 10.7 Å². The van der Waals surface area contributed by atoms with Crippen LogP contribution in [0.1, 0.15) is 16.3 Å². The molecule has 1 aromatic carbocycles. The van der Waals surface area contributed by atoms with Crippen molar-refractivity contribution in [3.63, 3.8) is 0 Å². The third-order valence-corrected chi connectivity index (χ3v) is 4.86. The topological polar surface area (TPSA) is 76.9 Å². The molecule has 0 spiro atoms. The van der Waals surface area contributed by atoms with Gasteiger partial charge in [0.2, 0.25) is 5.91 Å². The Balaban J connectivity index is 1.65. The number of nitrogens with one attached hydrogen (secondary N) is 1. The number of nitrogens with zero attached hydrogens (tertiary/aromatic N) is 3. The minimum Gasteiger partial charge on any atom is -0.350 e. The van der Waals surface area contributed by atoms with E-state index >= 15 is 0 Å². The Morgan fingerprint density at radius 3 is 2.68 bits per heavy atom. The van der Waals surface area contributed by atoms with Crippen LogP contribution in [0.25, 0.3) is 10.6 Å². The van der Waals surface area contributed by atoms with Crippen LogP contribution < -0.4 is 10.9 Å². The first-order valence-corrected chi connectivity index (χ1v) is 8.68. The molecule has 0 fully saturated rings. The van der Waals surface area contributed by atoms with Crippen molar-refractivity contribution in [2.75, 3.05) is 0 Å². The zero-order chi connectivity index (χ0) is 17.8. The maximum atomic E-state index is 12.1. The molecule has 2 heterocycles. The lowest BCUT2D eigenvalue weighted by molar-refractivity contribution is -0.122. The lowest BCUT2D eigenvalue weighted by Crippen LogP contribution is -2.33. The Morgan fingerprint density at radius 1 is 1.16 bits per heavy atom. The van der Waals surface area contributed by atoms with Gasteiger partial charge in [-0.05, 0) is 19.9 Å². The van der Waals surface area contributed by atoms with Crippen LogP contribution in [-0.2, 0) is 17.9 Å². The van der Waals surface area contributed by atoms with E-state index in [9.17, 15) is 9.59 Å². The van der Waals surface area contributed by atoms with E-state index in [1.807, 2.05) is 37.3 Å². The van der Waals surface area contributed by atoms with Crippen LogP contribution in [0.3, 0.4) is 0 Å². The standard InChI is InChI=1S/C18H18N4O2S/c1-12-8-9-17(24)22(21-12)11-16(23)19-10-15-13(2)20-18(25-15)14-6-4-3-5-7-14/h3-9H,10-11H2,1-2H3,(H,19,23). The maximum Gasteiger partial charge on any atom is 0.267 e. The molecule has 25 heavy (non-hydrogen) atoms. The van der Waals surface area contributed by atoms with Crippen molar-refractivity contribution in [3.05, 3.63) is 69.1 Å². The molecule has 128 valence electrons. The first kappa shape index (κ1) is 17.0. The zero-order valence-electron chi connectivity index (χ0n) is 14.0. The van der Waals surface area contributed by atoms with Crippen molar-refractivity contribution < 1.29 is 4.79 Å². The highest BCUT2D eigenvalue weighted by atomic mass is 32.1. The van der Waals surface area contributed by atoms with Crippen molar-refractivity contribution in [2.45, 2.75) is 26.9 Å². The molecule has 0 aliphatic heterocycles. The van der Waals surface area contributed by atoms with Crippen LogP contribution in [0.4, 0.5) is 0 Å². The average Bonchev–Trinajstić information content (AvgIpc) is 2.98. The summed E-state index contributed by atoms with van der Waals surface area (Å²) in [6.07, 6.45) is 0. The number of thiazole rings is 1. The van der Waals surface area contributed by atoms with Gasteiger partial charge in [0.1, 0.15) is 11.6 Å². The fraction of sp³-hybridized carbons (Fsp3) is 0.222. The van der Waals surface area contributed by atoms with E-state index in [0.717, 1.165) is 21.1 Å². The molecule has 0 unspecified atom stereocenters. The predicted octanol–water partition coefficient (Wildman–Crippen LogP) is 2.30. The van der Waals surface area contributed by atoms with E-state index in [2.05, 4.69) is 15.4 Å². The smallest absolute Gasteiger partial charge is 0.267 e. The van der Waals surface area contributed by atoms with Crippen LogP contribution in [0.2, 0.25) is 0 Å². The molecule has 0 radical (unpaired) electrons. The number of benzene rings is 1. The van der Waals surface area contributed by atoms with Crippen LogP contribution in [0, 0.1) is 13.8 Å². The molecule has 7 heteroatoms. The summed E-state index contributed by atoms with van der Waals surface area (Å²) in [5, 5.41) is 7.82. The van der Waals surface area contributed by atoms with Gasteiger partial charge < -0.3 is 5.32 Å². The van der Waals surface area contributed by atoms with Gasteiger partial charge in [-0.25, -0.2) is 9.67 Å². The number of aromatic nitrogens is 3. The van der Waals surface area contributed by atoms with Crippen molar-refractivity contribution in [1.82, 2.24) is 20.1 Å². The molecule has 0 aliphatic carbocycles. The summed E-state index contributed by atoms with van der Waals surface area (Å²) in [5.41, 5.74) is 2.36. The molecule has 6 nitrogen and oxygen atoms in total. The highest BCUT2D eigenvalue weighted by molar-refractivity contribution is 7.15. The van der Waals surface area contributed by atoms with Gasteiger partial charge in [-0.2, -0.15) is 5.10 Å². The Morgan fingerprint density at radius 2 is 1.92 bits per heavy atom. The summed E-state index contributed by atoms with van der Waals surface area (Å²) in [6, 6.07) is 13.0. The van der Waals surface area contributed by atoms with Gasteiger partial charge in [-0.15, -0.1) is 11.3 Å². The summed E-state index contributed by atoms with van der Waals surface area (Å²) >= 11 is 1.56. The van der Waals surface area contributed by atoms with E-state index in [1.54, 1.807) is 24.3 Å². The summed E-state index contributed by atoms with van der Waals surface area (Å²) in [7, 11) is 0. The van der Waals surface area contributed by atoms with Crippen molar-refractivity contribution >= 4 is 17.2 Å². The molecule has 3 aromatic rings. The van der Waals surface area contributed by atoms with Gasteiger partial charge in [0.25, 0.3) is 5.56 Å². The summed E-state index contributed by atoms with van der Waals surface area (Å²) in [5.74, 6) is -0.255. The minimum absolute atomic E-state index is 0.0933. The van der Waals surface area contributed by atoms with Gasteiger partial charge in [0.15, 0.2) is 0 Å². The first-order valence-electron chi connectivity index (χ1n) is 7.86. The highest BCUT2D eigenvalue weighted by Crippen LogP contribution is 2.27. The number of carbonyl (C=O) groups excluding carboxylic acids is 1. The molecule has 1 amide bonds. The summed E-state index contributed by atoms with van der Waals surface area (Å²) in [4.78, 5) is 29.4. The first-order chi connectivity index (χ1) is 12.0. The normalized spacial score (nSPS) is 10.6. The fourth-order valence-corrected chi connectivity index (χ4v) is 3.34. The predicted molar refractivity (Wildman–Crippen MR) is 97.4 cm³/mol. The number of hydrogen-bond donors (Lipinski definition) is 1. The Hall–Kier alpha value is -2.80. The SMILES string of the molecule is Cc1ccc(=O)n(CC(=O)NCc2sc(-c3ccccc3)nc2C)n1. The second-order valence-corrected chi connectivity index (χ2v) is 6.72. The second kappa shape index (κ2) is 7.40. The van der Waals surface area contributed by atoms with Crippen molar-refractivity contribution in [3.8, 4) is 10.6 Å². The fourth-order valence-electron chi connectivity index (χ4n) is 2.33. The quantitative estimate of drug-likeness (QED) is 0.763. The van der Waals surface area contributed by atoms with Gasteiger partial charge in [-0.3, -0.25) is 9.59 Å². The molecule has 0 saturated heterocycles. The Kier molecular flexibility index (Phi) is 5.04. The monoisotopic (exact) mass is 354 g/mol. The Bertz CT molecular complexity index is 947. The average molecular weight is 354 g/mol. The second-order valence-electron chi connectivity index (χ2n) is 5.64. The molecule has 0 aliphatic rings. The van der Waals surface area contributed by atoms with E-state index < -0.39 is 0 Å². The largest absolute Gasteiger partial charge is 0.350 e. The number of carbonyl (C=O) groups is 1. The number of hydrogen-bond acceptors (Lipinski definition) is 5. The molecule has 1 N–H and O–H groups in total. The van der Waals surface area contributed by atoms with Crippen LogP contribution in [0.15, 0.2) is 47.3 Å². The lowest BCUT2D eigenvalue weighted by Gasteiger charge is -2.06. The molecule has 3 rings (SSSR count). The van der Waals surface area contributed by atoms with Crippen LogP contribution >= 0.6 is 11.3 Å². The van der Waals surface area contributed by atoms with E-state index in [-0.39, 0.29) is 18.0 Å². The zero-order valence-corrected chi connectivity index (χ0v) is 14.8. The van der Waals surface area contributed by atoms with Crippen molar-refractivity contribution in [2.24, 2.45) is 0 Å². The summed E-state index contributed by atoms with van der Waals surface area (Å²) in [6.45, 7) is 4.00. The number of rotatable bonds is 5.